The fourth-order valence-corrected chi connectivity index (χ4v) is 3.10. The number of anilines is 1. The Balaban J connectivity index is 1.60. The first-order valence-electron chi connectivity index (χ1n) is 8.18. The van der Waals surface area contributed by atoms with Gasteiger partial charge in [-0.15, -0.1) is 10.2 Å². The number of nitrogens with one attached hydrogen (secondary N) is 2. The maximum Gasteiger partial charge on any atom is 0.416 e. The molecule has 0 spiro atoms. The highest BCUT2D eigenvalue weighted by Gasteiger charge is 2.30. The summed E-state index contributed by atoms with van der Waals surface area (Å²) in [5, 5.41) is 17.8. The number of hydrogen-bond donors (Lipinski definition) is 2. The van der Waals surface area contributed by atoms with Gasteiger partial charge in [-0.05, 0) is 59.7 Å². The molecule has 0 aliphatic carbocycles. The lowest BCUT2D eigenvalue weighted by molar-refractivity contribution is -0.137. The van der Waals surface area contributed by atoms with Gasteiger partial charge in [0.05, 0.1) is 5.56 Å². The number of aromatic amines is 1. The maximum atomic E-state index is 13.0. The predicted molar refractivity (Wildman–Crippen MR) is 97.9 cm³/mol. The summed E-state index contributed by atoms with van der Waals surface area (Å²) in [7, 11) is 0. The molecule has 0 saturated heterocycles. The number of hydrogen-bond acceptors (Lipinski definition) is 5. The summed E-state index contributed by atoms with van der Waals surface area (Å²) in [6.07, 6.45) is -4.40. The van der Waals surface area contributed by atoms with Crippen LogP contribution in [0.3, 0.4) is 0 Å². The van der Waals surface area contributed by atoms with E-state index in [1.165, 1.54) is 0 Å². The molecule has 144 valence electrons. The highest BCUT2D eigenvalue weighted by molar-refractivity contribution is 6.32. The summed E-state index contributed by atoms with van der Waals surface area (Å²) in [6, 6.07) is 9.00. The van der Waals surface area contributed by atoms with Crippen molar-refractivity contribution in [3.8, 4) is 11.6 Å². The number of benzene rings is 2. The topological polar surface area (TPSA) is 79.6 Å². The second-order valence-corrected chi connectivity index (χ2v) is 6.67. The monoisotopic (exact) mass is 407 g/mol. The van der Waals surface area contributed by atoms with E-state index in [1.54, 1.807) is 31.2 Å². The van der Waals surface area contributed by atoms with E-state index >= 15 is 0 Å². The first-order valence-corrected chi connectivity index (χ1v) is 8.56. The Morgan fingerprint density at radius 2 is 1.96 bits per heavy atom. The van der Waals surface area contributed by atoms with E-state index in [2.05, 4.69) is 25.9 Å². The third-order valence-electron chi connectivity index (χ3n) is 4.14. The number of fused-ring (bicyclic) bond motifs is 1. The van der Waals surface area contributed by atoms with E-state index in [0.29, 0.717) is 39.0 Å². The minimum Gasteiger partial charge on any atom is -0.453 e. The number of rotatable bonds is 4. The fourth-order valence-electron chi connectivity index (χ4n) is 2.86. The van der Waals surface area contributed by atoms with Crippen LogP contribution in [0.5, 0.6) is 0 Å². The van der Waals surface area contributed by atoms with Crippen LogP contribution in [-0.4, -0.2) is 20.6 Å². The smallest absolute Gasteiger partial charge is 0.416 e. The molecule has 0 bridgehead atoms. The molecule has 0 saturated carbocycles. The molecule has 4 aromatic rings. The van der Waals surface area contributed by atoms with Gasteiger partial charge < -0.3 is 9.73 Å². The lowest BCUT2D eigenvalue weighted by atomic mass is 10.1. The van der Waals surface area contributed by atoms with Gasteiger partial charge in [-0.2, -0.15) is 18.4 Å². The molecule has 2 aromatic carbocycles. The molecule has 10 heteroatoms. The number of H-pyrrole nitrogens is 1. The number of furan rings is 1. The first-order chi connectivity index (χ1) is 13.3. The van der Waals surface area contributed by atoms with Gasteiger partial charge in [0.15, 0.2) is 5.76 Å². The summed E-state index contributed by atoms with van der Waals surface area (Å²) in [5.41, 5.74) is 1.40. The highest BCUT2D eigenvalue weighted by Crippen LogP contribution is 2.33. The Hall–Kier alpha value is -3.07. The van der Waals surface area contributed by atoms with Crippen LogP contribution in [0.4, 0.5) is 18.9 Å². The zero-order valence-corrected chi connectivity index (χ0v) is 15.2. The maximum absolute atomic E-state index is 13.0. The van der Waals surface area contributed by atoms with E-state index in [9.17, 15) is 13.2 Å². The van der Waals surface area contributed by atoms with E-state index in [0.717, 1.165) is 17.5 Å². The summed E-state index contributed by atoms with van der Waals surface area (Å²) in [5.74, 6) is 0.741. The van der Waals surface area contributed by atoms with Crippen molar-refractivity contribution < 1.29 is 17.6 Å². The second-order valence-electron chi connectivity index (χ2n) is 6.27. The molecule has 0 fully saturated rings. The standard InChI is InChI=1S/C18H13ClF3N5O/c1-9-2-12(18(20,21)22)7-13(3-9)23-8-11-6-15-10(4-14(11)19)5-16(28-15)17-24-26-27-25-17/h2-7,23H,8H2,1H3,(H,24,25,26,27). The number of nitrogens with zero attached hydrogens (tertiary/aromatic N) is 3. The number of alkyl halides is 3. The average molecular weight is 408 g/mol. The van der Waals surface area contributed by atoms with Crippen LogP contribution in [0.25, 0.3) is 22.6 Å². The summed E-state index contributed by atoms with van der Waals surface area (Å²) in [4.78, 5) is 0. The van der Waals surface area contributed by atoms with E-state index in [4.69, 9.17) is 16.0 Å². The Labute approximate surface area is 161 Å². The van der Waals surface area contributed by atoms with Gasteiger partial charge in [-0.1, -0.05) is 11.6 Å². The van der Waals surface area contributed by atoms with Gasteiger partial charge in [0.2, 0.25) is 5.82 Å². The number of aryl methyl sites for hydroxylation is 1. The molecule has 2 aromatic heterocycles. The van der Waals surface area contributed by atoms with Crippen LogP contribution in [0, 0.1) is 6.92 Å². The number of aromatic nitrogens is 4. The van der Waals surface area contributed by atoms with Crippen LogP contribution < -0.4 is 5.32 Å². The lowest BCUT2D eigenvalue weighted by Crippen LogP contribution is -2.07. The minimum absolute atomic E-state index is 0.230. The zero-order valence-electron chi connectivity index (χ0n) is 14.4. The van der Waals surface area contributed by atoms with Crippen LogP contribution in [0.1, 0.15) is 16.7 Å². The van der Waals surface area contributed by atoms with Gasteiger partial charge in [-0.25, -0.2) is 0 Å². The molecule has 0 atom stereocenters. The molecule has 2 N–H and O–H groups in total. The van der Waals surface area contributed by atoms with Gasteiger partial charge in [-0.3, -0.25) is 0 Å². The Morgan fingerprint density at radius 3 is 2.68 bits per heavy atom. The van der Waals surface area contributed by atoms with Crippen LogP contribution in [-0.2, 0) is 12.7 Å². The Kier molecular flexibility index (Phi) is 4.46. The second kappa shape index (κ2) is 6.83. The van der Waals surface area contributed by atoms with Gasteiger partial charge in [0, 0.05) is 22.6 Å². The van der Waals surface area contributed by atoms with Crippen molar-refractivity contribution in [2.75, 3.05) is 5.32 Å². The van der Waals surface area contributed by atoms with Crippen molar-refractivity contribution in [1.29, 1.82) is 0 Å². The molecular weight excluding hydrogens is 395 g/mol. The minimum atomic E-state index is -4.40. The summed E-state index contributed by atoms with van der Waals surface area (Å²) >= 11 is 6.33. The first kappa shape index (κ1) is 18.3. The molecule has 0 aliphatic heterocycles. The lowest BCUT2D eigenvalue weighted by Gasteiger charge is -2.13. The van der Waals surface area contributed by atoms with Crippen molar-refractivity contribution >= 4 is 28.3 Å². The largest absolute Gasteiger partial charge is 0.453 e. The van der Waals surface area contributed by atoms with Crippen molar-refractivity contribution in [1.82, 2.24) is 20.6 Å². The van der Waals surface area contributed by atoms with E-state index < -0.39 is 11.7 Å². The molecule has 28 heavy (non-hydrogen) atoms. The SMILES string of the molecule is Cc1cc(NCc2cc3oc(-c4nn[nH]n4)cc3cc2Cl)cc(C(F)(F)F)c1. The molecular formula is C18H13ClF3N5O. The van der Waals surface area contributed by atoms with E-state index in [1.807, 2.05) is 0 Å². The fraction of sp³-hybridized carbons (Fsp3) is 0.167. The van der Waals surface area contributed by atoms with Gasteiger partial charge >= 0.3 is 6.18 Å². The van der Waals surface area contributed by atoms with Crippen LogP contribution >= 0.6 is 11.6 Å². The number of tetrazole rings is 1. The molecule has 0 aliphatic rings. The van der Waals surface area contributed by atoms with E-state index in [-0.39, 0.29) is 6.54 Å². The number of halogens is 4. The Morgan fingerprint density at radius 1 is 1.14 bits per heavy atom. The molecule has 2 heterocycles. The van der Waals surface area contributed by atoms with Crippen molar-refractivity contribution in [3.05, 3.63) is 58.1 Å². The van der Waals surface area contributed by atoms with Crippen LogP contribution in [0.2, 0.25) is 5.02 Å². The quantitative estimate of drug-likeness (QED) is 0.485. The normalized spacial score (nSPS) is 11.9. The molecule has 4 rings (SSSR count). The molecule has 0 unspecified atom stereocenters. The highest BCUT2D eigenvalue weighted by atomic mass is 35.5. The summed E-state index contributed by atoms with van der Waals surface area (Å²) in [6.45, 7) is 1.84. The van der Waals surface area contributed by atoms with Crippen molar-refractivity contribution in [3.63, 3.8) is 0 Å². The van der Waals surface area contributed by atoms with Crippen LogP contribution in [0.15, 0.2) is 40.8 Å². The third kappa shape index (κ3) is 3.65. The molecule has 0 amide bonds. The molecule has 6 nitrogen and oxygen atoms in total. The summed E-state index contributed by atoms with van der Waals surface area (Å²) < 4.78 is 44.7. The average Bonchev–Trinajstić information content (AvgIpc) is 3.27. The van der Waals surface area contributed by atoms with Crippen molar-refractivity contribution in [2.24, 2.45) is 0 Å². The zero-order chi connectivity index (χ0) is 19.9. The van der Waals surface area contributed by atoms with Crippen molar-refractivity contribution in [2.45, 2.75) is 19.6 Å². The van der Waals surface area contributed by atoms with Gasteiger partial charge in [0.1, 0.15) is 5.58 Å². The van der Waals surface area contributed by atoms with Gasteiger partial charge in [0.25, 0.3) is 0 Å². The third-order valence-corrected chi connectivity index (χ3v) is 4.49. The molecule has 0 radical (unpaired) electrons. The predicted octanol–water partition coefficient (Wildman–Crippen LogP) is 5.21. The Bertz CT molecular complexity index is 1140.